The van der Waals surface area contributed by atoms with E-state index in [0.717, 1.165) is 43.7 Å². The van der Waals surface area contributed by atoms with Crippen LogP contribution < -0.4 is 5.32 Å². The van der Waals surface area contributed by atoms with Crippen molar-refractivity contribution < 1.29 is 4.79 Å². The minimum absolute atomic E-state index is 0.148. The van der Waals surface area contributed by atoms with Crippen molar-refractivity contribution in [2.75, 3.05) is 19.6 Å². The topological polar surface area (TPSA) is 37.3 Å². The van der Waals surface area contributed by atoms with Crippen molar-refractivity contribution in [2.24, 2.45) is 0 Å². The third-order valence-electron chi connectivity index (χ3n) is 4.22. The second-order valence-corrected chi connectivity index (χ2v) is 5.78. The molecule has 2 aromatic rings. The number of hydrogen-bond donors (Lipinski definition) is 1. The summed E-state index contributed by atoms with van der Waals surface area (Å²) in [7, 11) is 0. The highest BCUT2D eigenvalue weighted by Crippen LogP contribution is 2.16. The second kappa shape index (κ2) is 6.79. The van der Waals surface area contributed by atoms with Gasteiger partial charge in [-0.25, -0.2) is 0 Å². The van der Waals surface area contributed by atoms with Crippen LogP contribution in [0.3, 0.4) is 0 Å². The highest BCUT2D eigenvalue weighted by molar-refractivity contribution is 5.94. The van der Waals surface area contributed by atoms with Crippen LogP contribution in [0.25, 0.3) is 5.69 Å². The molecule has 4 heteroatoms. The molecule has 1 aromatic heterocycles. The lowest BCUT2D eigenvalue weighted by atomic mass is 10.1. The quantitative estimate of drug-likeness (QED) is 0.921. The van der Waals surface area contributed by atoms with Gasteiger partial charge in [0.05, 0.1) is 0 Å². The molecule has 1 aliphatic rings. The van der Waals surface area contributed by atoms with Crippen molar-refractivity contribution in [2.45, 2.75) is 25.8 Å². The van der Waals surface area contributed by atoms with Crippen molar-refractivity contribution in [3.8, 4) is 5.69 Å². The van der Waals surface area contributed by atoms with Gasteiger partial charge in [0.15, 0.2) is 0 Å². The number of nitrogens with one attached hydrogen (secondary N) is 1. The molecule has 1 aliphatic heterocycles. The molecule has 1 amide bonds. The molecule has 1 saturated heterocycles. The van der Waals surface area contributed by atoms with E-state index in [-0.39, 0.29) is 5.91 Å². The minimum Gasteiger partial charge on any atom is -0.334 e. The molecule has 1 fully saturated rings. The van der Waals surface area contributed by atoms with Gasteiger partial charge in [-0.1, -0.05) is 6.92 Å². The summed E-state index contributed by atoms with van der Waals surface area (Å²) in [5.41, 5.74) is 1.85. The minimum atomic E-state index is 0.148. The first-order chi connectivity index (χ1) is 10.8. The normalized spacial score (nSPS) is 17.6. The first-order valence-electron chi connectivity index (χ1n) is 8.04. The zero-order valence-electron chi connectivity index (χ0n) is 13.0. The van der Waals surface area contributed by atoms with Crippen molar-refractivity contribution in [3.63, 3.8) is 0 Å². The molecule has 0 radical (unpaired) electrons. The Morgan fingerprint density at radius 2 is 2.00 bits per heavy atom. The molecule has 0 bridgehead atoms. The Morgan fingerprint density at radius 3 is 2.59 bits per heavy atom. The third-order valence-corrected chi connectivity index (χ3v) is 4.22. The predicted octanol–water partition coefficient (Wildman–Crippen LogP) is 2.69. The smallest absolute Gasteiger partial charge is 0.254 e. The molecule has 0 spiro atoms. The van der Waals surface area contributed by atoms with E-state index >= 15 is 0 Å². The highest BCUT2D eigenvalue weighted by atomic mass is 16.2. The summed E-state index contributed by atoms with van der Waals surface area (Å²) in [4.78, 5) is 14.8. The van der Waals surface area contributed by atoms with Crippen LogP contribution >= 0.6 is 0 Å². The largest absolute Gasteiger partial charge is 0.334 e. The summed E-state index contributed by atoms with van der Waals surface area (Å²) in [6.45, 7) is 4.86. The van der Waals surface area contributed by atoms with Crippen LogP contribution in [0.2, 0.25) is 0 Å². The van der Waals surface area contributed by atoms with Crippen LogP contribution in [-0.4, -0.2) is 41.1 Å². The first kappa shape index (κ1) is 14.9. The lowest BCUT2D eigenvalue weighted by Crippen LogP contribution is -2.42. The predicted molar refractivity (Wildman–Crippen MR) is 88.4 cm³/mol. The lowest BCUT2D eigenvalue weighted by Gasteiger charge is -2.28. The van der Waals surface area contributed by atoms with Crippen LogP contribution in [-0.2, 0) is 0 Å². The van der Waals surface area contributed by atoms with Crippen LogP contribution in [0, 0.1) is 0 Å². The summed E-state index contributed by atoms with van der Waals surface area (Å²) >= 11 is 0. The summed E-state index contributed by atoms with van der Waals surface area (Å²) in [5.74, 6) is 0.148. The number of amides is 1. The molecule has 4 nitrogen and oxygen atoms in total. The van der Waals surface area contributed by atoms with Crippen molar-refractivity contribution in [1.29, 1.82) is 0 Å². The van der Waals surface area contributed by atoms with E-state index in [1.165, 1.54) is 0 Å². The number of benzene rings is 1. The van der Waals surface area contributed by atoms with E-state index in [4.69, 9.17) is 0 Å². The average Bonchev–Trinajstić information content (AvgIpc) is 3.25. The van der Waals surface area contributed by atoms with Crippen LogP contribution in [0.4, 0.5) is 0 Å². The SMILES string of the molecule is CCCN(C(=O)c1ccc(-n2cccc2)cc1)C1CCNC1. The first-order valence-corrected chi connectivity index (χ1v) is 8.04. The Kier molecular flexibility index (Phi) is 4.59. The van der Waals surface area contributed by atoms with Gasteiger partial charge in [-0.3, -0.25) is 4.79 Å². The molecule has 116 valence electrons. The summed E-state index contributed by atoms with van der Waals surface area (Å²) in [6.07, 6.45) is 6.05. The number of hydrogen-bond acceptors (Lipinski definition) is 2. The summed E-state index contributed by atoms with van der Waals surface area (Å²) < 4.78 is 2.04. The van der Waals surface area contributed by atoms with E-state index in [0.29, 0.717) is 6.04 Å². The number of aromatic nitrogens is 1. The van der Waals surface area contributed by atoms with E-state index in [1.807, 2.05) is 58.3 Å². The Balaban J connectivity index is 1.77. The van der Waals surface area contributed by atoms with E-state index in [1.54, 1.807) is 0 Å². The van der Waals surface area contributed by atoms with Crippen molar-refractivity contribution in [1.82, 2.24) is 14.8 Å². The Hall–Kier alpha value is -2.07. The van der Waals surface area contributed by atoms with Crippen LogP contribution in [0.15, 0.2) is 48.8 Å². The Labute approximate surface area is 131 Å². The maximum atomic E-state index is 12.8. The van der Waals surface area contributed by atoms with E-state index in [2.05, 4.69) is 12.2 Å². The van der Waals surface area contributed by atoms with Crippen molar-refractivity contribution in [3.05, 3.63) is 54.4 Å². The number of nitrogens with zero attached hydrogens (tertiary/aromatic N) is 2. The highest BCUT2D eigenvalue weighted by Gasteiger charge is 2.26. The standard InChI is InChI=1S/C18H23N3O/c1-2-11-21(17-9-10-19-14-17)18(22)15-5-7-16(8-6-15)20-12-3-4-13-20/h3-8,12-13,17,19H,2,9-11,14H2,1H3. The van der Waals surface area contributed by atoms with E-state index < -0.39 is 0 Å². The van der Waals surface area contributed by atoms with Crippen molar-refractivity contribution >= 4 is 5.91 Å². The Morgan fingerprint density at radius 1 is 1.27 bits per heavy atom. The molecule has 0 aliphatic carbocycles. The molecule has 22 heavy (non-hydrogen) atoms. The molecule has 1 atom stereocenters. The molecule has 1 unspecified atom stereocenters. The molecule has 1 N–H and O–H groups in total. The van der Waals surface area contributed by atoms with Gasteiger partial charge in [0.1, 0.15) is 0 Å². The summed E-state index contributed by atoms with van der Waals surface area (Å²) in [5, 5.41) is 3.35. The molecule has 1 aromatic carbocycles. The average molecular weight is 297 g/mol. The van der Waals surface area contributed by atoms with E-state index in [9.17, 15) is 4.79 Å². The monoisotopic (exact) mass is 297 g/mol. The van der Waals surface area contributed by atoms with Gasteiger partial charge in [0.2, 0.25) is 0 Å². The third kappa shape index (κ3) is 3.07. The van der Waals surface area contributed by atoms with Crippen LogP contribution in [0.1, 0.15) is 30.1 Å². The number of carbonyl (C=O) groups excluding carboxylic acids is 1. The fraction of sp³-hybridized carbons (Fsp3) is 0.389. The zero-order chi connectivity index (χ0) is 15.4. The zero-order valence-corrected chi connectivity index (χ0v) is 13.0. The van der Waals surface area contributed by atoms with Gasteiger partial charge in [-0.2, -0.15) is 0 Å². The maximum Gasteiger partial charge on any atom is 0.254 e. The molecular weight excluding hydrogens is 274 g/mol. The van der Waals surface area contributed by atoms with Gasteiger partial charge >= 0.3 is 0 Å². The van der Waals surface area contributed by atoms with Gasteiger partial charge < -0.3 is 14.8 Å². The fourth-order valence-electron chi connectivity index (χ4n) is 3.04. The summed E-state index contributed by atoms with van der Waals surface area (Å²) in [6, 6.07) is 12.2. The maximum absolute atomic E-state index is 12.8. The van der Waals surface area contributed by atoms with Gasteiger partial charge in [-0.15, -0.1) is 0 Å². The molecular formula is C18H23N3O. The van der Waals surface area contributed by atoms with Gasteiger partial charge in [0, 0.05) is 42.8 Å². The fourth-order valence-corrected chi connectivity index (χ4v) is 3.04. The lowest BCUT2D eigenvalue weighted by molar-refractivity contribution is 0.0692. The number of carbonyl (C=O) groups is 1. The number of rotatable bonds is 5. The Bertz CT molecular complexity index is 598. The molecule has 3 rings (SSSR count). The second-order valence-electron chi connectivity index (χ2n) is 5.78. The van der Waals surface area contributed by atoms with Gasteiger partial charge in [0.25, 0.3) is 5.91 Å². The van der Waals surface area contributed by atoms with Crippen LogP contribution in [0.5, 0.6) is 0 Å². The van der Waals surface area contributed by atoms with Gasteiger partial charge in [-0.05, 0) is 55.8 Å². The molecule has 0 saturated carbocycles. The molecule has 2 heterocycles.